The van der Waals surface area contributed by atoms with Gasteiger partial charge in [0, 0.05) is 6.42 Å². The van der Waals surface area contributed by atoms with E-state index in [1.807, 2.05) is 48.5 Å². The first-order valence-electron chi connectivity index (χ1n) is 6.83. The van der Waals surface area contributed by atoms with Crippen LogP contribution in [0.25, 0.3) is 10.2 Å². The Morgan fingerprint density at radius 2 is 1.86 bits per heavy atom. The third kappa shape index (κ3) is 3.58. The molecule has 3 rings (SSSR count). The number of hydrogen-bond donors (Lipinski definition) is 2. The number of ether oxygens (including phenoxy) is 1. The van der Waals surface area contributed by atoms with Crippen LogP contribution in [0.15, 0.2) is 54.6 Å². The van der Waals surface area contributed by atoms with E-state index >= 15 is 0 Å². The van der Waals surface area contributed by atoms with Gasteiger partial charge in [-0.25, -0.2) is 4.98 Å². The number of fused-ring (bicyclic) bond motifs is 1. The fourth-order valence-electron chi connectivity index (χ4n) is 2.10. The van der Waals surface area contributed by atoms with E-state index in [9.17, 15) is 0 Å². The Kier molecular flexibility index (Phi) is 4.45. The summed E-state index contributed by atoms with van der Waals surface area (Å²) in [5, 5.41) is 1.07. The minimum Gasteiger partial charge on any atom is -0.492 e. The van der Waals surface area contributed by atoms with E-state index in [1.165, 1.54) is 4.70 Å². The third-order valence-electron chi connectivity index (χ3n) is 3.19. The number of thiazole rings is 1. The maximum absolute atomic E-state index is 5.74. The van der Waals surface area contributed by atoms with Crippen LogP contribution in [0, 0.1) is 0 Å². The number of nitrogens with zero attached hydrogens (tertiary/aromatic N) is 1. The second kappa shape index (κ2) is 6.67. The molecule has 0 amide bonds. The molecule has 5 heteroatoms. The highest BCUT2D eigenvalue weighted by Crippen LogP contribution is 2.22. The number of aromatic nitrogens is 1. The summed E-state index contributed by atoms with van der Waals surface area (Å²) in [6.07, 6.45) is 0.753. The van der Waals surface area contributed by atoms with Gasteiger partial charge in [0.05, 0.1) is 21.3 Å². The van der Waals surface area contributed by atoms with Crippen molar-refractivity contribution in [3.05, 3.63) is 59.6 Å². The first kappa shape index (κ1) is 14.0. The topological polar surface area (TPSA) is 60.2 Å². The standard InChI is InChI=1S/C16H17N3OS/c17-19-12(11-20-13-6-2-1-3-7-13)10-16-18-14-8-4-5-9-15(14)21-16/h1-9,12,19H,10-11,17H2. The maximum Gasteiger partial charge on any atom is 0.119 e. The van der Waals surface area contributed by atoms with Gasteiger partial charge in [0.25, 0.3) is 0 Å². The van der Waals surface area contributed by atoms with Crippen LogP contribution in [0.5, 0.6) is 5.75 Å². The van der Waals surface area contributed by atoms with Crippen LogP contribution < -0.4 is 16.0 Å². The van der Waals surface area contributed by atoms with Gasteiger partial charge in [0.1, 0.15) is 12.4 Å². The van der Waals surface area contributed by atoms with E-state index in [0.717, 1.165) is 22.7 Å². The maximum atomic E-state index is 5.74. The molecule has 0 aliphatic heterocycles. The Balaban J connectivity index is 1.63. The molecule has 0 saturated carbocycles. The Morgan fingerprint density at radius 3 is 2.62 bits per heavy atom. The number of nitrogens with one attached hydrogen (secondary N) is 1. The first-order valence-corrected chi connectivity index (χ1v) is 7.65. The predicted octanol–water partition coefficient (Wildman–Crippen LogP) is 2.75. The number of para-hydroxylation sites is 2. The SMILES string of the molecule is NNC(COc1ccccc1)Cc1nc2ccccc2s1. The smallest absolute Gasteiger partial charge is 0.119 e. The molecule has 108 valence electrons. The molecule has 1 unspecified atom stereocenters. The van der Waals surface area contributed by atoms with Crippen molar-refractivity contribution in [3.63, 3.8) is 0 Å². The lowest BCUT2D eigenvalue weighted by Gasteiger charge is -2.15. The molecule has 2 aromatic carbocycles. The summed E-state index contributed by atoms with van der Waals surface area (Å²) in [6, 6.07) is 17.9. The molecule has 0 aliphatic rings. The summed E-state index contributed by atoms with van der Waals surface area (Å²) in [5.74, 6) is 6.47. The molecule has 0 fully saturated rings. The highest BCUT2D eigenvalue weighted by molar-refractivity contribution is 7.18. The van der Waals surface area contributed by atoms with Gasteiger partial charge in [-0.3, -0.25) is 11.3 Å². The average Bonchev–Trinajstić information content (AvgIpc) is 2.94. The van der Waals surface area contributed by atoms with Gasteiger partial charge in [-0.15, -0.1) is 11.3 Å². The number of hydrazine groups is 1. The summed E-state index contributed by atoms with van der Waals surface area (Å²) in [6.45, 7) is 0.510. The second-order valence-corrected chi connectivity index (χ2v) is 5.88. The van der Waals surface area contributed by atoms with Crippen LogP contribution in [0.4, 0.5) is 0 Å². The molecule has 1 aromatic heterocycles. The van der Waals surface area contributed by atoms with E-state index in [0.29, 0.717) is 6.61 Å². The van der Waals surface area contributed by atoms with E-state index in [4.69, 9.17) is 10.6 Å². The minimum absolute atomic E-state index is 0.0331. The van der Waals surface area contributed by atoms with E-state index in [2.05, 4.69) is 16.5 Å². The minimum atomic E-state index is 0.0331. The van der Waals surface area contributed by atoms with Crippen LogP contribution >= 0.6 is 11.3 Å². The molecule has 1 atom stereocenters. The van der Waals surface area contributed by atoms with Gasteiger partial charge >= 0.3 is 0 Å². The Bertz CT molecular complexity index is 666. The van der Waals surface area contributed by atoms with Crippen LogP contribution in [0.1, 0.15) is 5.01 Å². The molecule has 0 aliphatic carbocycles. The van der Waals surface area contributed by atoms with Crippen molar-refractivity contribution < 1.29 is 4.74 Å². The van der Waals surface area contributed by atoms with Crippen molar-refractivity contribution in [2.45, 2.75) is 12.5 Å². The van der Waals surface area contributed by atoms with Crippen LogP contribution in [-0.2, 0) is 6.42 Å². The molecule has 4 nitrogen and oxygen atoms in total. The lowest BCUT2D eigenvalue weighted by Crippen LogP contribution is -2.41. The highest BCUT2D eigenvalue weighted by Gasteiger charge is 2.12. The monoisotopic (exact) mass is 299 g/mol. The van der Waals surface area contributed by atoms with Gasteiger partial charge in [0.15, 0.2) is 0 Å². The molecule has 3 N–H and O–H groups in total. The highest BCUT2D eigenvalue weighted by atomic mass is 32.1. The number of rotatable bonds is 6. The van der Waals surface area contributed by atoms with Gasteiger partial charge in [0.2, 0.25) is 0 Å². The Morgan fingerprint density at radius 1 is 1.10 bits per heavy atom. The fourth-order valence-corrected chi connectivity index (χ4v) is 3.14. The van der Waals surface area contributed by atoms with Gasteiger partial charge < -0.3 is 4.74 Å². The second-order valence-electron chi connectivity index (χ2n) is 4.77. The van der Waals surface area contributed by atoms with Crippen molar-refractivity contribution >= 4 is 21.6 Å². The number of nitrogens with two attached hydrogens (primary N) is 1. The molecular formula is C16H17N3OS. The van der Waals surface area contributed by atoms with Crippen molar-refractivity contribution in [2.24, 2.45) is 5.84 Å². The molecule has 21 heavy (non-hydrogen) atoms. The first-order chi connectivity index (χ1) is 10.3. The Labute approximate surface area is 127 Å². The molecular weight excluding hydrogens is 282 g/mol. The van der Waals surface area contributed by atoms with Crippen molar-refractivity contribution in [3.8, 4) is 5.75 Å². The summed E-state index contributed by atoms with van der Waals surface area (Å²) in [5.41, 5.74) is 3.85. The summed E-state index contributed by atoms with van der Waals surface area (Å²) >= 11 is 1.70. The largest absolute Gasteiger partial charge is 0.492 e. The van der Waals surface area contributed by atoms with Gasteiger partial charge in [-0.05, 0) is 24.3 Å². The number of hydrogen-bond acceptors (Lipinski definition) is 5. The fraction of sp³-hybridized carbons (Fsp3) is 0.188. The lowest BCUT2D eigenvalue weighted by molar-refractivity contribution is 0.264. The van der Waals surface area contributed by atoms with Crippen LogP contribution in [0.3, 0.4) is 0 Å². The zero-order valence-electron chi connectivity index (χ0n) is 11.5. The molecule has 0 saturated heterocycles. The van der Waals surface area contributed by atoms with Crippen LogP contribution in [-0.4, -0.2) is 17.6 Å². The van der Waals surface area contributed by atoms with E-state index < -0.39 is 0 Å². The molecule has 1 heterocycles. The molecule has 3 aromatic rings. The van der Waals surface area contributed by atoms with E-state index in [-0.39, 0.29) is 6.04 Å². The molecule has 0 bridgehead atoms. The number of benzene rings is 2. The average molecular weight is 299 g/mol. The molecule has 0 spiro atoms. The lowest BCUT2D eigenvalue weighted by atomic mass is 10.2. The summed E-state index contributed by atoms with van der Waals surface area (Å²) in [4.78, 5) is 4.62. The quantitative estimate of drug-likeness (QED) is 0.543. The summed E-state index contributed by atoms with van der Waals surface area (Å²) < 4.78 is 6.94. The predicted molar refractivity (Wildman–Crippen MR) is 86.4 cm³/mol. The van der Waals surface area contributed by atoms with Crippen LogP contribution in [0.2, 0.25) is 0 Å². The molecule has 0 radical (unpaired) electrons. The van der Waals surface area contributed by atoms with E-state index in [1.54, 1.807) is 11.3 Å². The van der Waals surface area contributed by atoms with Crippen molar-refractivity contribution in [1.29, 1.82) is 0 Å². The third-order valence-corrected chi connectivity index (χ3v) is 4.25. The van der Waals surface area contributed by atoms with Crippen molar-refractivity contribution in [1.82, 2.24) is 10.4 Å². The normalized spacial score (nSPS) is 12.4. The van der Waals surface area contributed by atoms with Gasteiger partial charge in [-0.2, -0.15) is 0 Å². The zero-order valence-corrected chi connectivity index (χ0v) is 12.3. The zero-order chi connectivity index (χ0) is 14.5. The van der Waals surface area contributed by atoms with Gasteiger partial charge in [-0.1, -0.05) is 30.3 Å². The Hall–Kier alpha value is -1.95. The summed E-state index contributed by atoms with van der Waals surface area (Å²) in [7, 11) is 0. The van der Waals surface area contributed by atoms with Crippen molar-refractivity contribution in [2.75, 3.05) is 6.61 Å².